The fraction of sp³-hybridized carbons (Fsp3) is 0.200. The van der Waals surface area contributed by atoms with E-state index >= 15 is 0 Å². The van der Waals surface area contributed by atoms with Gasteiger partial charge in [-0.15, -0.1) is 0 Å². The van der Waals surface area contributed by atoms with E-state index in [1.165, 1.54) is 0 Å². The highest BCUT2D eigenvalue weighted by Crippen LogP contribution is 2.19. The predicted molar refractivity (Wildman–Crippen MR) is 61.7 cm³/mol. The number of ether oxygens (including phenoxy) is 1. The molecule has 1 aromatic rings. The lowest BCUT2D eigenvalue weighted by Gasteiger charge is -2.09. The molecule has 0 unspecified atom stereocenters. The average molecular weight is 306 g/mol. The number of carbonyl (C=O) groups excluding carboxylic acids is 1. The minimum absolute atomic E-state index is 0.408. The monoisotopic (exact) mass is 306 g/mol. The van der Waals surface area contributed by atoms with Gasteiger partial charge in [0.15, 0.2) is 6.29 Å². The Balaban J connectivity index is 3.28. The molecular weight excluding hydrogens is 296 g/mol. The smallest absolute Gasteiger partial charge is 0.339 e. The van der Waals surface area contributed by atoms with Crippen LogP contribution < -0.4 is 0 Å². The van der Waals surface area contributed by atoms with Crippen molar-refractivity contribution in [2.24, 2.45) is 0 Å². The topological polar surface area (TPSA) is 158 Å². The Kier molecular flexibility index (Phi) is 4.78. The molecule has 0 saturated heterocycles. The molecule has 1 aromatic carbocycles. The van der Waals surface area contributed by atoms with Gasteiger partial charge in [-0.25, -0.2) is 9.59 Å². The van der Waals surface area contributed by atoms with Crippen LogP contribution in [0.3, 0.4) is 0 Å². The Labute approximate surface area is 112 Å². The number of esters is 1. The molecule has 4 N–H and O–H groups in total. The second-order valence-electron chi connectivity index (χ2n) is 3.57. The Bertz CT molecular complexity index is 632. The van der Waals surface area contributed by atoms with Crippen LogP contribution in [-0.4, -0.2) is 53.1 Å². The van der Waals surface area contributed by atoms with Gasteiger partial charge in [0.25, 0.3) is 10.1 Å². The highest BCUT2D eigenvalue weighted by molar-refractivity contribution is 7.86. The van der Waals surface area contributed by atoms with E-state index in [9.17, 15) is 18.0 Å². The van der Waals surface area contributed by atoms with Crippen molar-refractivity contribution < 1.29 is 42.6 Å². The van der Waals surface area contributed by atoms with Crippen LogP contribution in [0.1, 0.15) is 20.7 Å². The number of hydrogen-bond acceptors (Lipinski definition) is 7. The molecule has 0 aliphatic rings. The number of hydrogen-bond donors (Lipinski definition) is 4. The fourth-order valence-electron chi connectivity index (χ4n) is 1.28. The van der Waals surface area contributed by atoms with Crippen LogP contribution in [0, 0.1) is 0 Å². The van der Waals surface area contributed by atoms with Gasteiger partial charge in [0.2, 0.25) is 0 Å². The van der Waals surface area contributed by atoms with Gasteiger partial charge >= 0.3 is 11.9 Å². The van der Waals surface area contributed by atoms with Crippen molar-refractivity contribution in [3.8, 4) is 0 Å². The van der Waals surface area contributed by atoms with E-state index in [0.717, 1.165) is 12.1 Å². The van der Waals surface area contributed by atoms with Gasteiger partial charge in [0.1, 0.15) is 11.5 Å². The van der Waals surface area contributed by atoms with Crippen LogP contribution in [0.2, 0.25) is 0 Å². The normalized spacial score (nSPS) is 11.4. The average Bonchev–Trinajstić information content (AvgIpc) is 2.33. The first kappa shape index (κ1) is 16.0. The lowest BCUT2D eigenvalue weighted by Crippen LogP contribution is -2.19. The first-order valence-electron chi connectivity index (χ1n) is 5.01. The molecule has 1 rings (SSSR count). The summed E-state index contributed by atoms with van der Waals surface area (Å²) in [7, 11) is -4.78. The Morgan fingerprint density at radius 1 is 1.25 bits per heavy atom. The maximum atomic E-state index is 11.6. The third kappa shape index (κ3) is 3.99. The lowest BCUT2D eigenvalue weighted by molar-refractivity contribution is -0.0813. The molecular formula is C10H10O9S. The second-order valence-corrected chi connectivity index (χ2v) is 4.96. The number of carboxylic acid groups (broad SMARTS) is 1. The first-order valence-corrected chi connectivity index (χ1v) is 6.45. The molecule has 0 aliphatic carbocycles. The summed E-state index contributed by atoms with van der Waals surface area (Å²) in [6.45, 7) is -0.846. The number of benzene rings is 1. The summed E-state index contributed by atoms with van der Waals surface area (Å²) in [5, 5.41) is 25.8. The molecule has 9 nitrogen and oxygen atoms in total. The maximum absolute atomic E-state index is 11.6. The molecule has 0 bridgehead atoms. The molecule has 10 heteroatoms. The minimum atomic E-state index is -4.78. The molecule has 0 aliphatic heterocycles. The summed E-state index contributed by atoms with van der Waals surface area (Å²) < 4.78 is 35.5. The van der Waals surface area contributed by atoms with Gasteiger partial charge in [-0.05, 0) is 18.2 Å². The number of aliphatic hydroxyl groups is 2. The van der Waals surface area contributed by atoms with Crippen molar-refractivity contribution in [3.05, 3.63) is 29.3 Å². The van der Waals surface area contributed by atoms with Crippen LogP contribution in [0.4, 0.5) is 0 Å². The van der Waals surface area contributed by atoms with E-state index in [4.69, 9.17) is 19.9 Å². The number of rotatable bonds is 5. The Hall–Kier alpha value is -2.01. The van der Waals surface area contributed by atoms with E-state index in [1.54, 1.807) is 0 Å². The molecule has 0 aromatic heterocycles. The summed E-state index contributed by atoms with van der Waals surface area (Å²) in [5.74, 6) is -2.75. The number of carboxylic acids is 1. The van der Waals surface area contributed by atoms with Gasteiger partial charge in [0.05, 0.1) is 11.1 Å². The van der Waals surface area contributed by atoms with Crippen LogP contribution in [0.5, 0.6) is 0 Å². The lowest BCUT2D eigenvalue weighted by atomic mass is 10.1. The van der Waals surface area contributed by atoms with Crippen molar-refractivity contribution in [1.29, 1.82) is 0 Å². The summed E-state index contributed by atoms with van der Waals surface area (Å²) in [5.41, 5.74) is -1.14. The van der Waals surface area contributed by atoms with E-state index in [0.29, 0.717) is 6.07 Å². The quantitative estimate of drug-likeness (QED) is 0.307. The third-order valence-electron chi connectivity index (χ3n) is 2.09. The van der Waals surface area contributed by atoms with Gasteiger partial charge in [-0.1, -0.05) is 0 Å². The Morgan fingerprint density at radius 3 is 2.30 bits per heavy atom. The highest BCUT2D eigenvalue weighted by Gasteiger charge is 2.23. The Morgan fingerprint density at radius 2 is 1.85 bits per heavy atom. The van der Waals surface area contributed by atoms with Gasteiger partial charge in [0, 0.05) is 0 Å². The second kappa shape index (κ2) is 5.96. The third-order valence-corrected chi connectivity index (χ3v) is 3.00. The fourth-order valence-corrected chi connectivity index (χ4v) is 1.94. The zero-order chi connectivity index (χ0) is 15.5. The van der Waals surface area contributed by atoms with Crippen LogP contribution >= 0.6 is 0 Å². The summed E-state index contributed by atoms with van der Waals surface area (Å²) in [4.78, 5) is 21.5. The standard InChI is InChI=1S/C10H10O9S/c11-8(12)4-19-10(15)6-3-5(9(13)14)1-2-7(6)20(16,17)18/h1-3,8,11-12H,4H2,(H,13,14)(H,16,17,18). The zero-order valence-corrected chi connectivity index (χ0v) is 10.6. The molecule has 0 saturated carbocycles. The molecule has 110 valence electrons. The summed E-state index contributed by atoms with van der Waals surface area (Å²) in [6.07, 6.45) is -1.98. The highest BCUT2D eigenvalue weighted by atomic mass is 32.2. The largest absolute Gasteiger partial charge is 0.478 e. The van der Waals surface area contributed by atoms with Gasteiger partial charge in [-0.3, -0.25) is 4.55 Å². The van der Waals surface area contributed by atoms with E-state index in [2.05, 4.69) is 4.74 Å². The van der Waals surface area contributed by atoms with Crippen molar-refractivity contribution >= 4 is 22.1 Å². The maximum Gasteiger partial charge on any atom is 0.339 e. The summed E-state index contributed by atoms with van der Waals surface area (Å²) >= 11 is 0. The van der Waals surface area contributed by atoms with Crippen molar-refractivity contribution in [1.82, 2.24) is 0 Å². The van der Waals surface area contributed by atoms with Gasteiger partial charge < -0.3 is 20.1 Å². The first-order chi connectivity index (χ1) is 9.12. The van der Waals surface area contributed by atoms with Crippen LogP contribution in [-0.2, 0) is 14.9 Å². The summed E-state index contributed by atoms with van der Waals surface area (Å²) in [6, 6.07) is 2.30. The predicted octanol–water partition coefficient (Wildman–Crippen LogP) is -0.901. The minimum Gasteiger partial charge on any atom is -0.478 e. The molecule has 0 fully saturated rings. The molecule has 0 spiro atoms. The van der Waals surface area contributed by atoms with Crippen molar-refractivity contribution in [2.75, 3.05) is 6.61 Å². The molecule has 0 radical (unpaired) electrons. The zero-order valence-electron chi connectivity index (χ0n) is 9.75. The van der Waals surface area contributed by atoms with Crippen molar-refractivity contribution in [2.45, 2.75) is 11.2 Å². The number of carbonyl (C=O) groups is 2. The number of aromatic carboxylic acids is 1. The van der Waals surface area contributed by atoms with E-state index in [1.807, 2.05) is 0 Å². The number of aliphatic hydroxyl groups excluding tert-OH is 1. The van der Waals surface area contributed by atoms with Crippen molar-refractivity contribution in [3.63, 3.8) is 0 Å². The molecule has 0 heterocycles. The molecule has 20 heavy (non-hydrogen) atoms. The molecule has 0 amide bonds. The van der Waals surface area contributed by atoms with Crippen LogP contribution in [0.15, 0.2) is 23.1 Å². The van der Waals surface area contributed by atoms with Gasteiger partial charge in [-0.2, -0.15) is 8.42 Å². The van der Waals surface area contributed by atoms with E-state index < -0.39 is 51.0 Å². The van der Waals surface area contributed by atoms with E-state index in [-0.39, 0.29) is 0 Å². The van der Waals surface area contributed by atoms with Crippen LogP contribution in [0.25, 0.3) is 0 Å². The SMILES string of the molecule is O=C(O)c1ccc(S(=O)(=O)O)c(C(=O)OCC(O)O)c1. The molecule has 0 atom stereocenters.